The summed E-state index contributed by atoms with van der Waals surface area (Å²) < 4.78 is 9.96. The van der Waals surface area contributed by atoms with Gasteiger partial charge in [-0.1, -0.05) is 29.4 Å². The summed E-state index contributed by atoms with van der Waals surface area (Å²) in [7, 11) is 1.49. The second-order valence-corrected chi connectivity index (χ2v) is 4.98. The number of methoxy groups -OCH3 is 1. The number of carbonyl (C=O) groups is 1. The third-order valence-electron chi connectivity index (χ3n) is 3.58. The number of rotatable bonds is 5. The predicted octanol–water partition coefficient (Wildman–Crippen LogP) is 1.91. The number of benzene rings is 1. The Hall–Kier alpha value is -2.01. The Kier molecular flexibility index (Phi) is 3.60. The number of aromatic nitrogens is 2. The van der Waals surface area contributed by atoms with Crippen molar-refractivity contribution in [3.05, 3.63) is 47.1 Å². The van der Waals surface area contributed by atoms with E-state index >= 15 is 0 Å². The first kappa shape index (κ1) is 13.0. The Labute approximate surface area is 116 Å². The van der Waals surface area contributed by atoms with Crippen LogP contribution in [0.1, 0.15) is 35.2 Å². The molecule has 1 aliphatic carbocycles. The van der Waals surface area contributed by atoms with E-state index in [-0.39, 0.29) is 24.7 Å². The van der Waals surface area contributed by atoms with Gasteiger partial charge in [0, 0.05) is 13.0 Å². The Balaban J connectivity index is 1.76. The first-order chi connectivity index (χ1) is 9.78. The quantitative estimate of drug-likeness (QED) is 0.831. The van der Waals surface area contributed by atoms with Crippen LogP contribution in [0.4, 0.5) is 0 Å². The minimum atomic E-state index is -0.0606. The predicted molar refractivity (Wildman–Crippen MR) is 71.5 cm³/mol. The van der Waals surface area contributed by atoms with Crippen LogP contribution < -0.4 is 0 Å². The van der Waals surface area contributed by atoms with Crippen molar-refractivity contribution in [3.63, 3.8) is 0 Å². The summed E-state index contributed by atoms with van der Waals surface area (Å²) in [4.78, 5) is 15.8. The van der Waals surface area contributed by atoms with Gasteiger partial charge in [0.15, 0.2) is 11.6 Å². The van der Waals surface area contributed by atoms with E-state index in [4.69, 9.17) is 9.26 Å². The molecule has 20 heavy (non-hydrogen) atoms. The second-order valence-electron chi connectivity index (χ2n) is 4.98. The van der Waals surface area contributed by atoms with Gasteiger partial charge in [-0.25, -0.2) is 0 Å². The Morgan fingerprint density at radius 1 is 1.45 bits per heavy atom. The number of carbonyl (C=O) groups excluding carboxylic acids is 1. The summed E-state index contributed by atoms with van der Waals surface area (Å²) in [5.41, 5.74) is 2.61. The van der Waals surface area contributed by atoms with Gasteiger partial charge in [0.05, 0.1) is 6.42 Å². The molecule has 0 amide bonds. The van der Waals surface area contributed by atoms with Crippen LogP contribution in [-0.4, -0.2) is 29.6 Å². The smallest absolute Gasteiger partial charge is 0.234 e. The monoisotopic (exact) mass is 272 g/mol. The molecule has 0 bridgehead atoms. The lowest BCUT2D eigenvalue weighted by molar-refractivity contribution is -0.122. The van der Waals surface area contributed by atoms with Crippen molar-refractivity contribution in [1.82, 2.24) is 10.1 Å². The topological polar surface area (TPSA) is 65.2 Å². The van der Waals surface area contributed by atoms with Crippen LogP contribution in [0.3, 0.4) is 0 Å². The Bertz CT molecular complexity index is 621. The number of aryl methyl sites for hydroxylation is 1. The van der Waals surface area contributed by atoms with Crippen molar-refractivity contribution < 1.29 is 14.1 Å². The fourth-order valence-corrected chi connectivity index (χ4v) is 2.69. The van der Waals surface area contributed by atoms with Gasteiger partial charge >= 0.3 is 0 Å². The van der Waals surface area contributed by atoms with E-state index in [1.165, 1.54) is 18.2 Å². The van der Waals surface area contributed by atoms with Crippen LogP contribution in [0.2, 0.25) is 0 Å². The van der Waals surface area contributed by atoms with Crippen molar-refractivity contribution in [2.45, 2.75) is 25.2 Å². The van der Waals surface area contributed by atoms with Gasteiger partial charge in [0.25, 0.3) is 0 Å². The van der Waals surface area contributed by atoms with Crippen LogP contribution in [0.5, 0.6) is 0 Å². The molecule has 3 rings (SSSR count). The lowest BCUT2D eigenvalue weighted by Gasteiger charge is -2.05. The Morgan fingerprint density at radius 3 is 3.15 bits per heavy atom. The molecule has 0 saturated heterocycles. The lowest BCUT2D eigenvalue weighted by Crippen LogP contribution is -2.10. The van der Waals surface area contributed by atoms with Crippen LogP contribution in [0.15, 0.2) is 28.8 Å². The SMILES string of the molecule is COCC(=O)Cc1nc(C2CCc3ccccc32)no1. The Morgan fingerprint density at radius 2 is 2.30 bits per heavy atom. The molecule has 0 fully saturated rings. The molecule has 1 atom stereocenters. The summed E-state index contributed by atoms with van der Waals surface area (Å²) in [6, 6.07) is 8.32. The second kappa shape index (κ2) is 5.54. The van der Waals surface area contributed by atoms with Crippen LogP contribution >= 0.6 is 0 Å². The maximum atomic E-state index is 11.5. The number of hydrogen-bond donors (Lipinski definition) is 0. The largest absolute Gasteiger partial charge is 0.377 e. The minimum Gasteiger partial charge on any atom is -0.377 e. The molecular formula is C15H16N2O3. The molecule has 5 nitrogen and oxygen atoms in total. The van der Waals surface area contributed by atoms with Crippen molar-refractivity contribution in [2.75, 3.05) is 13.7 Å². The number of ether oxygens (including phenoxy) is 1. The highest BCUT2D eigenvalue weighted by molar-refractivity contribution is 5.81. The van der Waals surface area contributed by atoms with Crippen molar-refractivity contribution in [1.29, 1.82) is 0 Å². The zero-order chi connectivity index (χ0) is 13.9. The summed E-state index contributed by atoms with van der Waals surface area (Å²) >= 11 is 0. The number of hydrogen-bond acceptors (Lipinski definition) is 5. The zero-order valence-electron chi connectivity index (χ0n) is 11.3. The van der Waals surface area contributed by atoms with E-state index < -0.39 is 0 Å². The first-order valence-electron chi connectivity index (χ1n) is 6.69. The third kappa shape index (κ3) is 2.49. The van der Waals surface area contributed by atoms with Gasteiger partial charge in [-0.2, -0.15) is 4.98 Å². The fourth-order valence-electron chi connectivity index (χ4n) is 2.69. The maximum absolute atomic E-state index is 11.5. The minimum absolute atomic E-state index is 0.0606. The molecule has 5 heteroatoms. The summed E-state index contributed by atoms with van der Waals surface area (Å²) in [6.45, 7) is 0.0734. The van der Waals surface area contributed by atoms with Gasteiger partial charge in [-0.3, -0.25) is 4.79 Å². The van der Waals surface area contributed by atoms with Crippen molar-refractivity contribution in [2.24, 2.45) is 0 Å². The van der Waals surface area contributed by atoms with Gasteiger partial charge in [0.1, 0.15) is 6.61 Å². The molecule has 1 unspecified atom stereocenters. The standard InChI is InChI=1S/C15H16N2O3/c1-19-9-11(18)8-14-16-15(17-20-14)13-7-6-10-4-2-3-5-12(10)13/h2-5,13H,6-9H2,1H3. The summed E-state index contributed by atoms with van der Waals surface area (Å²) in [5.74, 6) is 1.16. The maximum Gasteiger partial charge on any atom is 0.234 e. The molecule has 1 aromatic carbocycles. The third-order valence-corrected chi connectivity index (χ3v) is 3.58. The van der Waals surface area contributed by atoms with E-state index in [0.717, 1.165) is 12.8 Å². The van der Waals surface area contributed by atoms with Crippen LogP contribution in [0.25, 0.3) is 0 Å². The molecule has 0 radical (unpaired) electrons. The zero-order valence-corrected chi connectivity index (χ0v) is 11.3. The van der Waals surface area contributed by atoms with Crippen molar-refractivity contribution in [3.8, 4) is 0 Å². The average Bonchev–Trinajstić information content (AvgIpc) is 3.05. The van der Waals surface area contributed by atoms with E-state index in [0.29, 0.717) is 11.7 Å². The molecule has 1 aliphatic rings. The van der Waals surface area contributed by atoms with E-state index in [1.54, 1.807) is 0 Å². The van der Waals surface area contributed by atoms with Gasteiger partial charge in [-0.05, 0) is 24.0 Å². The average molecular weight is 272 g/mol. The van der Waals surface area contributed by atoms with E-state index in [9.17, 15) is 4.79 Å². The van der Waals surface area contributed by atoms with Gasteiger partial charge in [0.2, 0.25) is 5.89 Å². The molecule has 104 valence electrons. The number of Topliss-reactive ketones (excluding diaryl/α,β-unsaturated/α-hetero) is 1. The fraction of sp³-hybridized carbons (Fsp3) is 0.400. The summed E-state index contributed by atoms with van der Waals surface area (Å²) in [5, 5.41) is 4.03. The lowest BCUT2D eigenvalue weighted by atomic mass is 10.0. The molecule has 0 saturated carbocycles. The normalized spacial score (nSPS) is 17.1. The van der Waals surface area contributed by atoms with Gasteiger partial charge in [-0.15, -0.1) is 0 Å². The van der Waals surface area contributed by atoms with Crippen LogP contribution in [0, 0.1) is 0 Å². The van der Waals surface area contributed by atoms with E-state index in [1.807, 2.05) is 12.1 Å². The summed E-state index contributed by atoms with van der Waals surface area (Å²) in [6.07, 6.45) is 2.16. The number of fused-ring (bicyclic) bond motifs is 1. The highest BCUT2D eigenvalue weighted by atomic mass is 16.5. The molecule has 0 N–H and O–H groups in total. The number of nitrogens with zero attached hydrogens (tertiary/aromatic N) is 2. The van der Waals surface area contributed by atoms with E-state index in [2.05, 4.69) is 22.3 Å². The molecule has 2 aromatic rings. The highest BCUT2D eigenvalue weighted by Gasteiger charge is 2.27. The molecule has 0 spiro atoms. The molecule has 1 heterocycles. The van der Waals surface area contributed by atoms with Gasteiger partial charge < -0.3 is 9.26 Å². The molecule has 1 aromatic heterocycles. The molecular weight excluding hydrogens is 256 g/mol. The molecule has 0 aliphatic heterocycles. The highest BCUT2D eigenvalue weighted by Crippen LogP contribution is 2.36. The van der Waals surface area contributed by atoms with Crippen molar-refractivity contribution >= 4 is 5.78 Å². The van der Waals surface area contributed by atoms with Crippen LogP contribution in [-0.2, 0) is 22.4 Å². The first-order valence-corrected chi connectivity index (χ1v) is 6.69. The number of ketones is 1.